The highest BCUT2D eigenvalue weighted by Crippen LogP contribution is 2.40. The molecule has 0 saturated heterocycles. The second-order valence-electron chi connectivity index (χ2n) is 8.95. The van der Waals surface area contributed by atoms with E-state index in [-0.39, 0.29) is 5.92 Å². The van der Waals surface area contributed by atoms with Crippen LogP contribution in [0, 0.1) is 11.5 Å². The Balaban J connectivity index is 1.94. The van der Waals surface area contributed by atoms with Crippen LogP contribution in [0.5, 0.6) is 0 Å². The van der Waals surface area contributed by atoms with Crippen LogP contribution in [0.2, 0.25) is 16.6 Å². The van der Waals surface area contributed by atoms with E-state index in [1.807, 2.05) is 12.4 Å². The van der Waals surface area contributed by atoms with Crippen molar-refractivity contribution in [2.75, 3.05) is 0 Å². The normalized spacial score (nSPS) is 12.1. The van der Waals surface area contributed by atoms with Crippen molar-refractivity contribution in [3.8, 4) is 11.5 Å². The summed E-state index contributed by atoms with van der Waals surface area (Å²) < 4.78 is 0. The number of nitrogens with one attached hydrogen (secondary N) is 2. The molecule has 3 rings (SSSR count). The van der Waals surface area contributed by atoms with Gasteiger partial charge in [0.25, 0.3) is 0 Å². The van der Waals surface area contributed by atoms with Gasteiger partial charge in [-0.1, -0.05) is 59.6 Å². The topological polar surface area (TPSA) is 31.6 Å². The lowest BCUT2D eigenvalue weighted by Crippen LogP contribution is -2.43. The molecule has 0 aliphatic heterocycles. The molecule has 0 amide bonds. The van der Waals surface area contributed by atoms with Gasteiger partial charge in [0, 0.05) is 29.3 Å². The SMILES string of the molecule is CC(C)[Si](C#Cc1ccc(C(c2ccc[nH]2)c2ccc[nH]2)cc1)(C(C)C)C(C)C. The largest absolute Gasteiger partial charge is 0.364 e. The molecule has 0 radical (unpaired) electrons. The average molecular weight is 403 g/mol. The first-order valence-corrected chi connectivity index (χ1v) is 13.0. The maximum Gasteiger partial charge on any atom is 0.146 e. The smallest absolute Gasteiger partial charge is 0.146 e. The molecule has 0 atom stereocenters. The molecule has 3 heteroatoms. The Labute approximate surface area is 177 Å². The van der Waals surface area contributed by atoms with E-state index in [9.17, 15) is 0 Å². The van der Waals surface area contributed by atoms with Crippen LogP contribution in [0.3, 0.4) is 0 Å². The summed E-state index contributed by atoms with van der Waals surface area (Å²) in [4.78, 5) is 6.76. The van der Waals surface area contributed by atoms with E-state index in [1.165, 1.54) is 17.0 Å². The van der Waals surface area contributed by atoms with Crippen LogP contribution in [0.15, 0.2) is 60.9 Å². The van der Waals surface area contributed by atoms with E-state index in [0.717, 1.165) is 5.56 Å². The zero-order valence-corrected chi connectivity index (χ0v) is 19.6. The Morgan fingerprint density at radius 1 is 0.690 bits per heavy atom. The Morgan fingerprint density at radius 3 is 1.55 bits per heavy atom. The highest BCUT2D eigenvalue weighted by molar-refractivity contribution is 6.90. The van der Waals surface area contributed by atoms with Crippen molar-refractivity contribution < 1.29 is 0 Å². The molecular weight excluding hydrogens is 368 g/mol. The molecule has 0 spiro atoms. The van der Waals surface area contributed by atoms with Crippen molar-refractivity contribution >= 4 is 8.07 Å². The molecule has 2 aromatic heterocycles. The zero-order chi connectivity index (χ0) is 21.0. The van der Waals surface area contributed by atoms with Crippen LogP contribution in [-0.4, -0.2) is 18.0 Å². The Kier molecular flexibility index (Phi) is 6.55. The van der Waals surface area contributed by atoms with E-state index in [1.54, 1.807) is 0 Å². The molecule has 2 heterocycles. The van der Waals surface area contributed by atoms with Gasteiger partial charge in [0.2, 0.25) is 0 Å². The van der Waals surface area contributed by atoms with Gasteiger partial charge in [0.1, 0.15) is 8.07 Å². The van der Waals surface area contributed by atoms with Crippen LogP contribution in [0.25, 0.3) is 0 Å². The lowest BCUT2D eigenvalue weighted by Gasteiger charge is -2.38. The standard InChI is InChI=1S/C26H34N2Si/c1-19(2)29(20(3)4,21(5)6)18-15-22-11-13-23(14-12-22)26(24-9-7-16-27-24)25-10-8-17-28-25/h7-14,16-17,19-21,26-28H,1-6H3. The lowest BCUT2D eigenvalue weighted by molar-refractivity contribution is 0.838. The molecule has 0 aliphatic carbocycles. The number of benzene rings is 1. The van der Waals surface area contributed by atoms with E-state index < -0.39 is 8.07 Å². The molecular formula is C26H34N2Si. The summed E-state index contributed by atoms with van der Waals surface area (Å²) in [5.41, 5.74) is 10.5. The third kappa shape index (κ3) is 4.28. The molecule has 0 bridgehead atoms. The first kappa shape index (κ1) is 21.3. The van der Waals surface area contributed by atoms with Gasteiger partial charge in [-0.3, -0.25) is 0 Å². The first-order chi connectivity index (χ1) is 13.9. The number of hydrogen-bond donors (Lipinski definition) is 2. The molecule has 29 heavy (non-hydrogen) atoms. The highest BCUT2D eigenvalue weighted by atomic mass is 28.3. The average Bonchev–Trinajstić information content (AvgIpc) is 3.37. The van der Waals surface area contributed by atoms with Gasteiger partial charge in [-0.05, 0) is 58.6 Å². The third-order valence-electron chi connectivity index (χ3n) is 6.40. The molecule has 0 unspecified atom stereocenters. The predicted molar refractivity (Wildman–Crippen MR) is 127 cm³/mol. The highest BCUT2D eigenvalue weighted by Gasteiger charge is 2.41. The number of aromatic amines is 2. The summed E-state index contributed by atoms with van der Waals surface area (Å²) in [6.07, 6.45) is 3.97. The van der Waals surface area contributed by atoms with Gasteiger partial charge < -0.3 is 9.97 Å². The van der Waals surface area contributed by atoms with E-state index in [4.69, 9.17) is 0 Å². The van der Waals surface area contributed by atoms with Gasteiger partial charge in [-0.15, -0.1) is 5.54 Å². The second kappa shape index (κ2) is 8.92. The summed E-state index contributed by atoms with van der Waals surface area (Å²) in [6.45, 7) is 14.2. The Hall–Kier alpha value is -2.44. The third-order valence-corrected chi connectivity index (χ3v) is 12.7. The fourth-order valence-corrected chi connectivity index (χ4v) is 10.2. The molecule has 3 aromatic rings. The summed E-state index contributed by atoms with van der Waals surface area (Å²) in [5.74, 6) is 3.74. The second-order valence-corrected chi connectivity index (χ2v) is 14.5. The van der Waals surface area contributed by atoms with Gasteiger partial charge >= 0.3 is 0 Å². The van der Waals surface area contributed by atoms with Gasteiger partial charge in [0.15, 0.2) is 0 Å². The van der Waals surface area contributed by atoms with Crippen LogP contribution < -0.4 is 0 Å². The summed E-state index contributed by atoms with van der Waals surface area (Å²) in [7, 11) is -1.70. The van der Waals surface area contributed by atoms with E-state index in [2.05, 4.69) is 112 Å². The van der Waals surface area contributed by atoms with Crippen molar-refractivity contribution in [1.82, 2.24) is 9.97 Å². The van der Waals surface area contributed by atoms with Crippen molar-refractivity contribution in [2.45, 2.75) is 64.1 Å². The number of H-pyrrole nitrogens is 2. The quantitative estimate of drug-likeness (QED) is 0.326. The zero-order valence-electron chi connectivity index (χ0n) is 18.6. The van der Waals surface area contributed by atoms with Gasteiger partial charge in [-0.25, -0.2) is 0 Å². The predicted octanol–water partition coefficient (Wildman–Crippen LogP) is 7.09. The fourth-order valence-electron chi connectivity index (χ4n) is 4.95. The first-order valence-electron chi connectivity index (χ1n) is 10.8. The molecule has 1 aromatic carbocycles. The monoisotopic (exact) mass is 402 g/mol. The van der Waals surface area contributed by atoms with Gasteiger partial charge in [-0.2, -0.15) is 0 Å². The van der Waals surface area contributed by atoms with Crippen molar-refractivity contribution in [2.24, 2.45) is 0 Å². The van der Waals surface area contributed by atoms with Crippen LogP contribution in [-0.2, 0) is 0 Å². The molecule has 0 fully saturated rings. The maximum atomic E-state index is 3.83. The minimum absolute atomic E-state index is 0.178. The van der Waals surface area contributed by atoms with Crippen molar-refractivity contribution in [1.29, 1.82) is 0 Å². The number of aromatic nitrogens is 2. The minimum Gasteiger partial charge on any atom is -0.364 e. The maximum absolute atomic E-state index is 3.83. The summed E-state index contributed by atoms with van der Waals surface area (Å²) in [6, 6.07) is 17.2. The van der Waals surface area contributed by atoms with Gasteiger partial charge in [0.05, 0.1) is 5.92 Å². The molecule has 152 valence electrons. The number of hydrogen-bond acceptors (Lipinski definition) is 0. The van der Waals surface area contributed by atoms with Crippen LogP contribution >= 0.6 is 0 Å². The number of rotatable bonds is 6. The lowest BCUT2D eigenvalue weighted by atomic mass is 9.92. The minimum atomic E-state index is -1.70. The van der Waals surface area contributed by atoms with Crippen molar-refractivity contribution in [3.05, 3.63) is 83.4 Å². The molecule has 2 N–H and O–H groups in total. The van der Waals surface area contributed by atoms with E-state index >= 15 is 0 Å². The summed E-state index contributed by atoms with van der Waals surface area (Å²) >= 11 is 0. The molecule has 2 nitrogen and oxygen atoms in total. The van der Waals surface area contributed by atoms with Crippen molar-refractivity contribution in [3.63, 3.8) is 0 Å². The molecule has 0 aliphatic rings. The Bertz CT molecular complexity index is 881. The fraction of sp³-hybridized carbons (Fsp3) is 0.385. The molecule has 0 saturated carbocycles. The van der Waals surface area contributed by atoms with Crippen LogP contribution in [0.1, 0.15) is 70.0 Å². The summed E-state index contributed by atoms with van der Waals surface area (Å²) in [5, 5.41) is 0. The Morgan fingerprint density at radius 2 is 1.17 bits per heavy atom. The van der Waals surface area contributed by atoms with E-state index in [0.29, 0.717) is 16.6 Å². The van der Waals surface area contributed by atoms with Crippen LogP contribution in [0.4, 0.5) is 0 Å².